The summed E-state index contributed by atoms with van der Waals surface area (Å²) in [6.45, 7) is 2.15. The summed E-state index contributed by atoms with van der Waals surface area (Å²) in [5.41, 5.74) is 0.683. The number of methoxy groups -OCH3 is 1. The Hall–Kier alpha value is -1.37. The first-order valence-corrected chi connectivity index (χ1v) is 8.40. The van der Waals surface area contributed by atoms with Crippen molar-refractivity contribution in [3.63, 3.8) is 0 Å². The largest absolute Gasteiger partial charge is 0.497 e. The second-order valence-corrected chi connectivity index (χ2v) is 7.52. The van der Waals surface area contributed by atoms with E-state index in [2.05, 4.69) is 0 Å². The van der Waals surface area contributed by atoms with Crippen molar-refractivity contribution in [2.75, 3.05) is 14.2 Å². The molecule has 108 valence electrons. The van der Waals surface area contributed by atoms with Gasteiger partial charge in [0.2, 0.25) is 10.0 Å². The predicted molar refractivity (Wildman–Crippen MR) is 80.7 cm³/mol. The van der Waals surface area contributed by atoms with Crippen LogP contribution in [0.2, 0.25) is 0 Å². The lowest BCUT2D eigenvalue weighted by Gasteiger charge is -2.18. The number of benzene rings is 1. The zero-order valence-corrected chi connectivity index (χ0v) is 13.3. The summed E-state index contributed by atoms with van der Waals surface area (Å²) >= 11 is 1.55. The van der Waals surface area contributed by atoms with Crippen molar-refractivity contribution >= 4 is 21.4 Å². The maximum Gasteiger partial charge on any atom is 0.243 e. The van der Waals surface area contributed by atoms with Crippen molar-refractivity contribution in [3.05, 3.63) is 46.2 Å². The van der Waals surface area contributed by atoms with E-state index < -0.39 is 10.0 Å². The van der Waals surface area contributed by atoms with E-state index in [9.17, 15) is 8.42 Å². The SMILES string of the molecule is COc1ccc(S(=O)(=O)N(C)Cc2cccs2)c(C)c1. The van der Waals surface area contributed by atoms with Crippen LogP contribution in [0, 0.1) is 6.92 Å². The molecule has 0 spiro atoms. The van der Waals surface area contributed by atoms with Crippen LogP contribution in [-0.2, 0) is 16.6 Å². The molecule has 4 nitrogen and oxygen atoms in total. The van der Waals surface area contributed by atoms with Gasteiger partial charge < -0.3 is 4.74 Å². The molecule has 0 aliphatic rings. The van der Waals surface area contributed by atoms with Crippen molar-refractivity contribution in [1.82, 2.24) is 4.31 Å². The Morgan fingerprint density at radius 2 is 2.05 bits per heavy atom. The van der Waals surface area contributed by atoms with Gasteiger partial charge in [-0.15, -0.1) is 11.3 Å². The number of rotatable bonds is 5. The minimum atomic E-state index is -3.49. The van der Waals surface area contributed by atoms with E-state index in [0.717, 1.165) is 4.88 Å². The Morgan fingerprint density at radius 1 is 1.30 bits per heavy atom. The molecule has 1 aromatic carbocycles. The van der Waals surface area contributed by atoms with Crippen LogP contribution in [0.15, 0.2) is 40.6 Å². The first-order valence-electron chi connectivity index (χ1n) is 6.08. The summed E-state index contributed by atoms with van der Waals surface area (Å²) in [5.74, 6) is 0.655. The van der Waals surface area contributed by atoms with Crippen molar-refractivity contribution in [2.45, 2.75) is 18.4 Å². The van der Waals surface area contributed by atoms with Gasteiger partial charge >= 0.3 is 0 Å². The molecule has 0 saturated heterocycles. The van der Waals surface area contributed by atoms with Crippen LogP contribution in [0.5, 0.6) is 5.75 Å². The summed E-state index contributed by atoms with van der Waals surface area (Å²) in [7, 11) is -0.329. The van der Waals surface area contributed by atoms with Crippen LogP contribution >= 0.6 is 11.3 Å². The van der Waals surface area contributed by atoms with E-state index in [4.69, 9.17) is 4.74 Å². The molecule has 20 heavy (non-hydrogen) atoms. The second-order valence-electron chi connectivity index (χ2n) is 4.47. The lowest BCUT2D eigenvalue weighted by atomic mass is 10.2. The number of sulfonamides is 1. The Kier molecular flexibility index (Phi) is 4.47. The third-order valence-corrected chi connectivity index (χ3v) is 5.85. The molecule has 2 aromatic rings. The molecule has 0 radical (unpaired) electrons. The number of hydrogen-bond donors (Lipinski definition) is 0. The average Bonchev–Trinajstić information content (AvgIpc) is 2.91. The lowest BCUT2D eigenvalue weighted by molar-refractivity contribution is 0.413. The number of ether oxygens (including phenoxy) is 1. The Labute approximate surface area is 123 Å². The minimum Gasteiger partial charge on any atom is -0.497 e. The van der Waals surface area contributed by atoms with E-state index in [1.54, 1.807) is 50.6 Å². The molecule has 1 heterocycles. The number of nitrogens with zero attached hydrogens (tertiary/aromatic N) is 1. The van der Waals surface area contributed by atoms with Gasteiger partial charge in [-0.2, -0.15) is 4.31 Å². The van der Waals surface area contributed by atoms with Gasteiger partial charge in [-0.25, -0.2) is 8.42 Å². The topological polar surface area (TPSA) is 46.6 Å². The van der Waals surface area contributed by atoms with Crippen molar-refractivity contribution < 1.29 is 13.2 Å². The molecule has 0 aliphatic carbocycles. The van der Waals surface area contributed by atoms with Crippen LogP contribution in [-0.4, -0.2) is 26.9 Å². The molecule has 0 bridgehead atoms. The monoisotopic (exact) mass is 311 g/mol. The maximum absolute atomic E-state index is 12.6. The lowest BCUT2D eigenvalue weighted by Crippen LogP contribution is -2.26. The van der Waals surface area contributed by atoms with Gasteiger partial charge in [0.1, 0.15) is 5.75 Å². The predicted octanol–water partition coefficient (Wildman–Crippen LogP) is 2.89. The molecule has 2 rings (SSSR count). The number of hydrogen-bond acceptors (Lipinski definition) is 4. The van der Waals surface area contributed by atoms with Gasteiger partial charge in [-0.05, 0) is 42.1 Å². The zero-order chi connectivity index (χ0) is 14.8. The summed E-state index contributed by atoms with van der Waals surface area (Å²) in [6, 6.07) is 8.83. The number of thiophene rings is 1. The summed E-state index contributed by atoms with van der Waals surface area (Å²) in [6.07, 6.45) is 0. The minimum absolute atomic E-state index is 0.317. The van der Waals surface area contributed by atoms with Gasteiger partial charge in [-0.3, -0.25) is 0 Å². The first-order chi connectivity index (χ1) is 9.45. The first kappa shape index (κ1) is 15.0. The highest BCUT2D eigenvalue weighted by Crippen LogP contribution is 2.24. The van der Waals surface area contributed by atoms with Crippen LogP contribution in [0.3, 0.4) is 0 Å². The standard InChI is InChI=1S/C14H17NO3S2/c1-11-9-12(18-3)6-7-14(11)20(16,17)15(2)10-13-5-4-8-19-13/h4-9H,10H2,1-3H3. The normalized spacial score (nSPS) is 11.8. The average molecular weight is 311 g/mol. The Bertz CT molecular complexity index is 678. The van der Waals surface area contributed by atoms with Crippen LogP contribution in [0.4, 0.5) is 0 Å². The molecule has 0 N–H and O–H groups in total. The molecule has 0 fully saturated rings. The fraction of sp³-hybridized carbons (Fsp3) is 0.286. The van der Waals surface area contributed by atoms with Gasteiger partial charge in [0.05, 0.1) is 12.0 Å². The molecule has 1 aromatic heterocycles. The van der Waals surface area contributed by atoms with E-state index in [1.165, 1.54) is 4.31 Å². The summed E-state index contributed by atoms with van der Waals surface area (Å²) in [4.78, 5) is 1.33. The summed E-state index contributed by atoms with van der Waals surface area (Å²) in [5, 5.41) is 1.94. The Morgan fingerprint density at radius 3 is 2.60 bits per heavy atom. The van der Waals surface area contributed by atoms with Crippen LogP contribution < -0.4 is 4.74 Å². The van der Waals surface area contributed by atoms with E-state index >= 15 is 0 Å². The smallest absolute Gasteiger partial charge is 0.243 e. The molecule has 0 atom stereocenters. The summed E-state index contributed by atoms with van der Waals surface area (Å²) < 4.78 is 31.6. The van der Waals surface area contributed by atoms with Crippen molar-refractivity contribution in [2.24, 2.45) is 0 Å². The van der Waals surface area contributed by atoms with Gasteiger partial charge in [0.25, 0.3) is 0 Å². The molecular weight excluding hydrogens is 294 g/mol. The molecular formula is C14H17NO3S2. The molecule has 0 unspecified atom stereocenters. The van der Waals surface area contributed by atoms with E-state index in [-0.39, 0.29) is 0 Å². The van der Waals surface area contributed by atoms with Gasteiger partial charge in [-0.1, -0.05) is 6.07 Å². The fourth-order valence-electron chi connectivity index (χ4n) is 1.91. The second kappa shape index (κ2) is 5.95. The third kappa shape index (κ3) is 3.03. The highest BCUT2D eigenvalue weighted by molar-refractivity contribution is 7.89. The molecule has 0 amide bonds. The van der Waals surface area contributed by atoms with Crippen LogP contribution in [0.25, 0.3) is 0 Å². The zero-order valence-electron chi connectivity index (χ0n) is 11.7. The maximum atomic E-state index is 12.6. The number of aryl methyl sites for hydroxylation is 1. The highest BCUT2D eigenvalue weighted by Gasteiger charge is 2.23. The fourth-order valence-corrected chi connectivity index (χ4v) is 4.10. The quantitative estimate of drug-likeness (QED) is 0.853. The van der Waals surface area contributed by atoms with Crippen LogP contribution in [0.1, 0.15) is 10.4 Å². The highest BCUT2D eigenvalue weighted by atomic mass is 32.2. The molecule has 0 aliphatic heterocycles. The van der Waals surface area contributed by atoms with Crippen molar-refractivity contribution in [3.8, 4) is 5.75 Å². The van der Waals surface area contributed by atoms with Gasteiger partial charge in [0.15, 0.2) is 0 Å². The van der Waals surface area contributed by atoms with Gasteiger partial charge in [0, 0.05) is 18.5 Å². The van der Waals surface area contributed by atoms with E-state index in [0.29, 0.717) is 22.8 Å². The Balaban J connectivity index is 2.30. The molecule has 6 heteroatoms. The van der Waals surface area contributed by atoms with E-state index in [1.807, 2.05) is 17.5 Å². The van der Waals surface area contributed by atoms with Crippen molar-refractivity contribution in [1.29, 1.82) is 0 Å². The molecule has 0 saturated carbocycles. The third-order valence-electron chi connectivity index (χ3n) is 3.03.